The Morgan fingerprint density at radius 3 is 2.80 bits per heavy atom. The lowest BCUT2D eigenvalue weighted by Gasteiger charge is -1.99. The van der Waals surface area contributed by atoms with E-state index in [1.165, 1.54) is 7.11 Å². The maximum atomic E-state index is 11.0. The second-order valence-corrected chi connectivity index (χ2v) is 4.69. The fourth-order valence-electron chi connectivity index (χ4n) is 1.21. The zero-order valence-corrected chi connectivity index (χ0v) is 9.67. The molecule has 0 aliphatic heterocycles. The molecule has 1 rings (SSSR count). The minimum Gasteiger partial charge on any atom is -0.469 e. The predicted octanol–water partition coefficient (Wildman–Crippen LogP) is 1.84. The molecule has 0 N–H and O–H groups in total. The summed E-state index contributed by atoms with van der Waals surface area (Å²) in [5, 5.41) is 0. The lowest BCUT2D eigenvalue weighted by Crippen LogP contribution is -2.02. The number of methoxy groups -OCH3 is 1. The molecule has 0 saturated carbocycles. The van der Waals surface area contributed by atoms with Crippen molar-refractivity contribution in [1.82, 2.24) is 0 Å². The smallest absolute Gasteiger partial charge is 0.310 e. The van der Waals surface area contributed by atoms with Gasteiger partial charge in [-0.1, -0.05) is 6.92 Å². The molecule has 0 amide bonds. The first-order chi connectivity index (χ1) is 7.15. The molecule has 1 aromatic heterocycles. The van der Waals surface area contributed by atoms with Crippen LogP contribution in [0.15, 0.2) is 12.1 Å². The molecule has 1 aromatic rings. The SMILES string of the molecule is COC(=O)Cc1ccc(CC(C)C=O)s1. The molecule has 82 valence electrons. The molecule has 1 unspecified atom stereocenters. The summed E-state index contributed by atoms with van der Waals surface area (Å²) in [6.45, 7) is 1.88. The lowest BCUT2D eigenvalue weighted by atomic mass is 10.1. The summed E-state index contributed by atoms with van der Waals surface area (Å²) in [4.78, 5) is 23.6. The Kier molecular flexibility index (Phi) is 4.49. The number of hydrogen-bond acceptors (Lipinski definition) is 4. The fourth-order valence-corrected chi connectivity index (χ4v) is 2.35. The second-order valence-electron chi connectivity index (χ2n) is 3.44. The Hall–Kier alpha value is -1.16. The summed E-state index contributed by atoms with van der Waals surface area (Å²) < 4.78 is 4.58. The van der Waals surface area contributed by atoms with Gasteiger partial charge in [-0.05, 0) is 18.6 Å². The molecule has 0 spiro atoms. The third-order valence-corrected chi connectivity index (χ3v) is 3.13. The quantitative estimate of drug-likeness (QED) is 0.568. The van der Waals surface area contributed by atoms with E-state index in [9.17, 15) is 9.59 Å². The molecule has 4 heteroatoms. The van der Waals surface area contributed by atoms with Gasteiger partial charge in [0.15, 0.2) is 0 Å². The summed E-state index contributed by atoms with van der Waals surface area (Å²) in [7, 11) is 1.38. The van der Waals surface area contributed by atoms with Crippen LogP contribution in [-0.4, -0.2) is 19.4 Å². The highest BCUT2D eigenvalue weighted by Gasteiger charge is 2.08. The molecule has 1 heterocycles. The van der Waals surface area contributed by atoms with Crippen molar-refractivity contribution in [1.29, 1.82) is 0 Å². The van der Waals surface area contributed by atoms with Gasteiger partial charge < -0.3 is 9.53 Å². The van der Waals surface area contributed by atoms with Gasteiger partial charge in [-0.3, -0.25) is 4.79 Å². The highest BCUT2D eigenvalue weighted by atomic mass is 32.1. The van der Waals surface area contributed by atoms with Crippen LogP contribution in [0.25, 0.3) is 0 Å². The van der Waals surface area contributed by atoms with Crippen LogP contribution in [0, 0.1) is 5.92 Å². The first-order valence-electron chi connectivity index (χ1n) is 4.75. The molecule has 3 nitrogen and oxygen atoms in total. The van der Waals surface area contributed by atoms with E-state index in [0.717, 1.165) is 22.5 Å². The number of carbonyl (C=O) groups is 2. The van der Waals surface area contributed by atoms with Gasteiger partial charge in [-0.15, -0.1) is 11.3 Å². The van der Waals surface area contributed by atoms with Crippen LogP contribution >= 0.6 is 11.3 Å². The van der Waals surface area contributed by atoms with Crippen molar-refractivity contribution in [3.63, 3.8) is 0 Å². The Balaban J connectivity index is 2.56. The number of esters is 1. The summed E-state index contributed by atoms with van der Waals surface area (Å²) in [6, 6.07) is 3.87. The van der Waals surface area contributed by atoms with Crippen molar-refractivity contribution in [2.24, 2.45) is 5.92 Å². The summed E-state index contributed by atoms with van der Waals surface area (Å²) in [5.74, 6) is -0.193. The van der Waals surface area contributed by atoms with E-state index in [1.807, 2.05) is 19.1 Å². The Morgan fingerprint density at radius 2 is 2.20 bits per heavy atom. The van der Waals surface area contributed by atoms with Crippen LogP contribution in [0.1, 0.15) is 16.7 Å². The summed E-state index contributed by atoms with van der Waals surface area (Å²) in [6.07, 6.45) is 2.01. The van der Waals surface area contributed by atoms with Crippen LogP contribution in [0.2, 0.25) is 0 Å². The van der Waals surface area contributed by atoms with E-state index in [1.54, 1.807) is 11.3 Å². The first-order valence-corrected chi connectivity index (χ1v) is 5.57. The number of ether oxygens (including phenoxy) is 1. The van der Waals surface area contributed by atoms with E-state index in [4.69, 9.17) is 0 Å². The maximum Gasteiger partial charge on any atom is 0.310 e. The number of hydrogen-bond donors (Lipinski definition) is 0. The monoisotopic (exact) mass is 226 g/mol. The average molecular weight is 226 g/mol. The van der Waals surface area contributed by atoms with E-state index < -0.39 is 0 Å². The molecule has 15 heavy (non-hydrogen) atoms. The van der Waals surface area contributed by atoms with E-state index in [0.29, 0.717) is 6.42 Å². The minimum absolute atomic E-state index is 0.0367. The van der Waals surface area contributed by atoms with Crippen LogP contribution < -0.4 is 0 Å². The van der Waals surface area contributed by atoms with Crippen LogP contribution in [0.3, 0.4) is 0 Å². The number of aldehydes is 1. The number of rotatable bonds is 5. The average Bonchev–Trinajstić information content (AvgIpc) is 2.65. The van der Waals surface area contributed by atoms with Gasteiger partial charge in [0.2, 0.25) is 0 Å². The zero-order chi connectivity index (χ0) is 11.3. The first kappa shape index (κ1) is 11.9. The van der Waals surface area contributed by atoms with Crippen molar-refractivity contribution >= 4 is 23.6 Å². The Labute approximate surface area is 93.1 Å². The van der Waals surface area contributed by atoms with Gasteiger partial charge in [-0.2, -0.15) is 0 Å². The van der Waals surface area contributed by atoms with Gasteiger partial charge in [0.05, 0.1) is 13.5 Å². The van der Waals surface area contributed by atoms with Gasteiger partial charge >= 0.3 is 5.97 Å². The van der Waals surface area contributed by atoms with E-state index in [-0.39, 0.29) is 11.9 Å². The fraction of sp³-hybridized carbons (Fsp3) is 0.455. The molecule has 0 saturated heterocycles. The number of thiophene rings is 1. The molecule has 0 radical (unpaired) electrons. The highest BCUT2D eigenvalue weighted by Crippen LogP contribution is 2.20. The summed E-state index contributed by atoms with van der Waals surface area (Å²) >= 11 is 1.56. The third-order valence-electron chi connectivity index (χ3n) is 2.02. The van der Waals surface area contributed by atoms with Crippen LogP contribution in [-0.2, 0) is 27.2 Å². The molecule has 0 aromatic carbocycles. The van der Waals surface area contributed by atoms with Crippen LogP contribution in [0.5, 0.6) is 0 Å². The van der Waals surface area contributed by atoms with Crippen molar-refractivity contribution in [2.45, 2.75) is 19.8 Å². The predicted molar refractivity (Wildman–Crippen MR) is 59.0 cm³/mol. The molecule has 0 fully saturated rings. The minimum atomic E-state index is -0.230. The Morgan fingerprint density at radius 1 is 1.53 bits per heavy atom. The van der Waals surface area contributed by atoms with E-state index >= 15 is 0 Å². The molecule has 0 aliphatic rings. The zero-order valence-electron chi connectivity index (χ0n) is 8.86. The number of carbonyl (C=O) groups excluding carboxylic acids is 2. The molecular formula is C11H14O3S. The van der Waals surface area contributed by atoms with Crippen LogP contribution in [0.4, 0.5) is 0 Å². The highest BCUT2D eigenvalue weighted by molar-refractivity contribution is 7.12. The van der Waals surface area contributed by atoms with Gasteiger partial charge in [0.1, 0.15) is 6.29 Å². The molecule has 0 bridgehead atoms. The lowest BCUT2D eigenvalue weighted by molar-refractivity contribution is -0.139. The van der Waals surface area contributed by atoms with Crippen molar-refractivity contribution in [3.05, 3.63) is 21.9 Å². The van der Waals surface area contributed by atoms with Gasteiger partial charge in [0, 0.05) is 15.7 Å². The van der Waals surface area contributed by atoms with Crippen molar-refractivity contribution in [2.75, 3.05) is 7.11 Å². The summed E-state index contributed by atoms with van der Waals surface area (Å²) in [5.41, 5.74) is 0. The van der Waals surface area contributed by atoms with Gasteiger partial charge in [0.25, 0.3) is 0 Å². The molecular weight excluding hydrogens is 212 g/mol. The molecule has 0 aliphatic carbocycles. The standard InChI is InChI=1S/C11H14O3S/c1-8(7-12)5-9-3-4-10(15-9)6-11(13)14-2/h3-4,7-8H,5-6H2,1-2H3. The second kappa shape index (κ2) is 5.66. The topological polar surface area (TPSA) is 43.4 Å². The maximum absolute atomic E-state index is 11.0. The van der Waals surface area contributed by atoms with Crippen molar-refractivity contribution in [3.8, 4) is 0 Å². The third kappa shape index (κ3) is 3.83. The Bertz CT molecular complexity index is 343. The van der Waals surface area contributed by atoms with Crippen molar-refractivity contribution < 1.29 is 14.3 Å². The normalized spacial score (nSPS) is 12.1. The van der Waals surface area contributed by atoms with Gasteiger partial charge in [-0.25, -0.2) is 0 Å². The largest absolute Gasteiger partial charge is 0.469 e. The van der Waals surface area contributed by atoms with E-state index in [2.05, 4.69) is 4.74 Å². The molecule has 1 atom stereocenters.